The maximum Gasteiger partial charge on any atom is 0.233 e. The Hall–Kier alpha value is -2.25. The molecule has 0 spiro atoms. The summed E-state index contributed by atoms with van der Waals surface area (Å²) in [5.74, 6) is -0.504. The summed E-state index contributed by atoms with van der Waals surface area (Å²) in [6.45, 7) is 1.70. The molecule has 1 saturated heterocycles. The second-order valence-electron chi connectivity index (χ2n) is 6.81. The van der Waals surface area contributed by atoms with Crippen LogP contribution in [0.25, 0.3) is 5.69 Å². The van der Waals surface area contributed by atoms with Crippen molar-refractivity contribution >= 4 is 11.9 Å². The van der Waals surface area contributed by atoms with Crippen molar-refractivity contribution in [2.45, 2.75) is 37.3 Å². The van der Waals surface area contributed by atoms with E-state index in [-0.39, 0.29) is 6.04 Å². The third kappa shape index (κ3) is 3.43. The number of benzene rings is 1. The largest absolute Gasteiger partial charge is 0.390 e. The van der Waals surface area contributed by atoms with E-state index < -0.39 is 11.5 Å². The highest BCUT2D eigenvalue weighted by atomic mass is 19.1. The first-order valence-electron chi connectivity index (χ1n) is 8.69. The summed E-state index contributed by atoms with van der Waals surface area (Å²) in [5.41, 5.74) is 1.07. The quantitative estimate of drug-likeness (QED) is 0.892. The van der Waals surface area contributed by atoms with Gasteiger partial charge in [-0.15, -0.1) is 5.10 Å². The molecular weight excluding hydrogens is 321 g/mol. The monoisotopic (exact) mass is 343 g/mol. The van der Waals surface area contributed by atoms with Crippen LogP contribution in [0.1, 0.15) is 25.7 Å². The molecular formula is C18H22FN5O. The van der Waals surface area contributed by atoms with Crippen LogP contribution in [0.4, 0.5) is 10.1 Å². The van der Waals surface area contributed by atoms with Gasteiger partial charge in [0.25, 0.3) is 0 Å². The van der Waals surface area contributed by atoms with Gasteiger partial charge in [-0.25, -0.2) is 4.68 Å². The molecule has 2 N–H and O–H groups in total. The van der Waals surface area contributed by atoms with Crippen molar-refractivity contribution in [1.29, 1.82) is 0 Å². The van der Waals surface area contributed by atoms with Crippen molar-refractivity contribution < 1.29 is 9.50 Å². The number of hydrazone groups is 1. The molecule has 0 radical (unpaired) electrons. The van der Waals surface area contributed by atoms with E-state index in [1.54, 1.807) is 6.20 Å². The van der Waals surface area contributed by atoms with Gasteiger partial charge < -0.3 is 10.4 Å². The minimum Gasteiger partial charge on any atom is -0.390 e. The first kappa shape index (κ1) is 16.2. The molecule has 7 heteroatoms. The summed E-state index contributed by atoms with van der Waals surface area (Å²) in [5, 5.41) is 24.4. The summed E-state index contributed by atoms with van der Waals surface area (Å²) in [4.78, 5) is 0. The van der Waals surface area contributed by atoms with Gasteiger partial charge in [0.1, 0.15) is 0 Å². The number of hydrogen-bond acceptors (Lipinski definition) is 5. The Bertz CT molecular complexity index is 768. The molecule has 1 aromatic heterocycles. The zero-order valence-corrected chi connectivity index (χ0v) is 14.0. The van der Waals surface area contributed by atoms with Crippen LogP contribution in [0.15, 0.2) is 41.6 Å². The number of nitrogens with one attached hydrogen (secondary N) is 1. The van der Waals surface area contributed by atoms with E-state index in [1.165, 1.54) is 10.7 Å². The molecule has 2 aromatic rings. The fourth-order valence-electron chi connectivity index (χ4n) is 3.66. The maximum atomic E-state index is 13.2. The average Bonchev–Trinajstić information content (AvgIpc) is 3.24. The van der Waals surface area contributed by atoms with Crippen molar-refractivity contribution in [3.8, 4) is 5.69 Å². The van der Waals surface area contributed by atoms with Crippen molar-refractivity contribution in [2.24, 2.45) is 5.10 Å². The highest BCUT2D eigenvalue weighted by Gasteiger charge is 2.35. The zero-order chi connectivity index (χ0) is 17.3. The van der Waals surface area contributed by atoms with Crippen LogP contribution >= 0.6 is 0 Å². The van der Waals surface area contributed by atoms with E-state index in [9.17, 15) is 9.50 Å². The van der Waals surface area contributed by atoms with Gasteiger partial charge in [0.2, 0.25) is 5.95 Å². The summed E-state index contributed by atoms with van der Waals surface area (Å²) in [6, 6.07) is 9.17. The number of aliphatic hydroxyl groups is 1. The van der Waals surface area contributed by atoms with Gasteiger partial charge in [0.15, 0.2) is 0 Å². The Kier molecular flexibility index (Phi) is 4.27. The topological polar surface area (TPSA) is 65.7 Å². The molecule has 3 heterocycles. The molecule has 0 bridgehead atoms. The lowest BCUT2D eigenvalue weighted by atomic mass is 9.85. The van der Waals surface area contributed by atoms with Gasteiger partial charge in [-0.2, -0.15) is 9.49 Å². The second kappa shape index (κ2) is 6.57. The minimum absolute atomic E-state index is 0.132. The fraction of sp³-hybridized carbons (Fsp3) is 0.444. The third-order valence-corrected chi connectivity index (χ3v) is 4.99. The van der Waals surface area contributed by atoms with E-state index in [0.29, 0.717) is 6.42 Å². The summed E-state index contributed by atoms with van der Waals surface area (Å²) < 4.78 is 14.7. The number of piperidine rings is 1. The van der Waals surface area contributed by atoms with Gasteiger partial charge in [0.05, 0.1) is 23.0 Å². The van der Waals surface area contributed by atoms with E-state index >= 15 is 0 Å². The maximum absolute atomic E-state index is 13.2. The van der Waals surface area contributed by atoms with Crippen LogP contribution in [-0.2, 0) is 0 Å². The Morgan fingerprint density at radius 2 is 2.04 bits per heavy atom. The number of nitrogens with zero attached hydrogens (tertiary/aromatic N) is 4. The number of hydrogen-bond donors (Lipinski definition) is 2. The van der Waals surface area contributed by atoms with E-state index in [1.807, 2.05) is 35.5 Å². The molecule has 2 aliphatic rings. The van der Waals surface area contributed by atoms with Gasteiger partial charge >= 0.3 is 0 Å². The lowest BCUT2D eigenvalue weighted by Crippen LogP contribution is -2.46. The first-order chi connectivity index (χ1) is 12.1. The van der Waals surface area contributed by atoms with Crippen LogP contribution in [0.2, 0.25) is 0 Å². The van der Waals surface area contributed by atoms with Gasteiger partial charge in [-0.1, -0.05) is 6.07 Å². The lowest BCUT2D eigenvalue weighted by Gasteiger charge is -2.36. The molecule has 0 saturated carbocycles. The Morgan fingerprint density at radius 1 is 1.24 bits per heavy atom. The lowest BCUT2D eigenvalue weighted by molar-refractivity contribution is -0.00268. The molecule has 0 amide bonds. The second-order valence-corrected chi connectivity index (χ2v) is 6.81. The van der Waals surface area contributed by atoms with Crippen LogP contribution < -0.4 is 10.3 Å². The van der Waals surface area contributed by atoms with Crippen LogP contribution in [0.3, 0.4) is 0 Å². The average molecular weight is 343 g/mol. The van der Waals surface area contributed by atoms with E-state index in [0.717, 1.165) is 43.7 Å². The smallest absolute Gasteiger partial charge is 0.233 e. The van der Waals surface area contributed by atoms with Crippen molar-refractivity contribution in [2.75, 3.05) is 18.1 Å². The summed E-state index contributed by atoms with van der Waals surface area (Å²) in [6.07, 6.45) is 6.53. The Labute approximate surface area is 146 Å². The van der Waals surface area contributed by atoms with E-state index in [4.69, 9.17) is 0 Å². The summed E-state index contributed by atoms with van der Waals surface area (Å²) in [7, 11) is 0. The molecule has 4 rings (SSSR count). The molecule has 1 unspecified atom stereocenters. The van der Waals surface area contributed by atoms with Crippen LogP contribution in [0.5, 0.6) is 0 Å². The molecule has 25 heavy (non-hydrogen) atoms. The predicted molar refractivity (Wildman–Crippen MR) is 94.6 cm³/mol. The Balaban J connectivity index is 1.55. The molecule has 6 nitrogen and oxygen atoms in total. The molecule has 1 fully saturated rings. The third-order valence-electron chi connectivity index (χ3n) is 4.99. The van der Waals surface area contributed by atoms with Gasteiger partial charge in [-0.3, -0.25) is 5.01 Å². The van der Waals surface area contributed by atoms with Gasteiger partial charge in [-0.05, 0) is 50.6 Å². The van der Waals surface area contributed by atoms with Crippen molar-refractivity contribution in [1.82, 2.24) is 15.1 Å². The fourth-order valence-corrected chi connectivity index (χ4v) is 3.66. The number of aromatic nitrogens is 2. The summed E-state index contributed by atoms with van der Waals surface area (Å²) >= 11 is 0. The normalized spacial score (nSPS) is 22.5. The standard InChI is InChI=1S/C18H22FN5O/c19-17-5-11-23(22-17)14-2-1-3-15(12-14)24-16(4-8-21-24)13-18(25)6-9-20-10-7-18/h1-3,5,8,11-12,16,20,25H,4,6-7,9-10,13H2. The van der Waals surface area contributed by atoms with Gasteiger partial charge in [0, 0.05) is 24.9 Å². The molecule has 2 aliphatic heterocycles. The highest BCUT2D eigenvalue weighted by molar-refractivity contribution is 5.67. The molecule has 132 valence electrons. The first-order valence-corrected chi connectivity index (χ1v) is 8.69. The number of rotatable bonds is 4. The number of anilines is 1. The molecule has 1 aromatic carbocycles. The highest BCUT2D eigenvalue weighted by Crippen LogP contribution is 2.32. The SMILES string of the molecule is OC1(CC2CC=NN2c2cccc(-n3ccc(F)n3)c2)CCNCC1. The number of halogens is 1. The molecule has 0 aliphatic carbocycles. The molecule has 1 atom stereocenters. The zero-order valence-electron chi connectivity index (χ0n) is 14.0. The van der Waals surface area contributed by atoms with Crippen molar-refractivity contribution in [3.05, 3.63) is 42.5 Å². The van der Waals surface area contributed by atoms with Crippen LogP contribution in [-0.4, -0.2) is 45.8 Å². The van der Waals surface area contributed by atoms with E-state index in [2.05, 4.69) is 15.5 Å². The van der Waals surface area contributed by atoms with Crippen LogP contribution in [0, 0.1) is 5.95 Å². The predicted octanol–water partition coefficient (Wildman–Crippen LogP) is 2.08. The Morgan fingerprint density at radius 3 is 2.80 bits per heavy atom. The van der Waals surface area contributed by atoms with Crippen molar-refractivity contribution in [3.63, 3.8) is 0 Å². The minimum atomic E-state index is -0.634.